The predicted molar refractivity (Wildman–Crippen MR) is 87.9 cm³/mol. The molecule has 1 atom stereocenters. The van der Waals surface area contributed by atoms with Crippen LogP contribution in [0.3, 0.4) is 0 Å². The summed E-state index contributed by atoms with van der Waals surface area (Å²) in [6, 6.07) is 5.07. The van der Waals surface area contributed by atoms with Gasteiger partial charge in [0.1, 0.15) is 0 Å². The molecule has 1 unspecified atom stereocenters. The van der Waals surface area contributed by atoms with Crippen molar-refractivity contribution in [2.75, 3.05) is 11.9 Å². The fraction of sp³-hybridized carbons (Fsp3) is 0.500. The van der Waals surface area contributed by atoms with E-state index in [0.717, 1.165) is 12.8 Å². The largest absolute Gasteiger partial charge is 0.391 e. The van der Waals surface area contributed by atoms with Crippen LogP contribution < -0.4 is 10.6 Å². The minimum atomic E-state index is -0.776. The summed E-state index contributed by atoms with van der Waals surface area (Å²) >= 11 is 5.96. The summed E-state index contributed by atoms with van der Waals surface area (Å²) in [6.45, 7) is 5.78. The highest BCUT2D eigenvalue weighted by Crippen LogP contribution is 2.22. The highest BCUT2D eigenvalue weighted by Gasteiger charge is 2.19. The molecular weight excluding hydrogens is 304 g/mol. The molecule has 0 aromatic heterocycles. The Balaban J connectivity index is 2.56. The van der Waals surface area contributed by atoms with E-state index in [-0.39, 0.29) is 12.5 Å². The molecule has 0 saturated carbocycles. The molecule has 22 heavy (non-hydrogen) atoms. The Morgan fingerprint density at radius 3 is 2.45 bits per heavy atom. The van der Waals surface area contributed by atoms with Gasteiger partial charge in [-0.2, -0.15) is 0 Å². The van der Waals surface area contributed by atoms with Crippen molar-refractivity contribution in [3.05, 3.63) is 28.8 Å². The molecule has 0 bridgehead atoms. The third-order valence-corrected chi connectivity index (χ3v) is 4.20. The molecule has 2 amide bonds. The molecule has 0 spiro atoms. The van der Waals surface area contributed by atoms with Crippen LogP contribution in [0.5, 0.6) is 0 Å². The van der Waals surface area contributed by atoms with E-state index in [2.05, 4.69) is 10.6 Å². The van der Waals surface area contributed by atoms with Crippen LogP contribution in [0.15, 0.2) is 18.2 Å². The van der Waals surface area contributed by atoms with Gasteiger partial charge in [0.15, 0.2) is 0 Å². The van der Waals surface area contributed by atoms with Crippen molar-refractivity contribution >= 4 is 29.1 Å². The average molecular weight is 327 g/mol. The third kappa shape index (κ3) is 5.00. The van der Waals surface area contributed by atoms with Crippen molar-refractivity contribution in [2.24, 2.45) is 5.92 Å². The van der Waals surface area contributed by atoms with Crippen LogP contribution in [-0.2, 0) is 9.59 Å². The first-order valence-electron chi connectivity index (χ1n) is 7.43. The third-order valence-electron chi connectivity index (χ3n) is 3.79. The molecule has 0 saturated heterocycles. The molecule has 6 heteroatoms. The van der Waals surface area contributed by atoms with Gasteiger partial charge >= 0.3 is 11.8 Å². The van der Waals surface area contributed by atoms with E-state index < -0.39 is 17.9 Å². The zero-order valence-corrected chi connectivity index (χ0v) is 13.9. The Labute approximate surface area is 136 Å². The zero-order valence-electron chi connectivity index (χ0n) is 13.1. The molecule has 0 heterocycles. The van der Waals surface area contributed by atoms with E-state index in [1.54, 1.807) is 25.1 Å². The summed E-state index contributed by atoms with van der Waals surface area (Å²) in [5.41, 5.74) is 1.19. The molecule has 1 aromatic rings. The number of nitrogens with one attached hydrogen (secondary N) is 2. The number of amides is 2. The number of rotatable bonds is 6. The van der Waals surface area contributed by atoms with E-state index in [1.165, 1.54) is 0 Å². The van der Waals surface area contributed by atoms with Gasteiger partial charge in [0.2, 0.25) is 0 Å². The summed E-state index contributed by atoms with van der Waals surface area (Å²) in [6.07, 6.45) is 0.989. The van der Waals surface area contributed by atoms with E-state index in [4.69, 9.17) is 11.6 Å². The van der Waals surface area contributed by atoms with Crippen LogP contribution in [0.4, 0.5) is 5.69 Å². The lowest BCUT2D eigenvalue weighted by Gasteiger charge is -2.20. The number of hydrogen-bond acceptors (Lipinski definition) is 3. The van der Waals surface area contributed by atoms with E-state index in [1.807, 2.05) is 13.8 Å². The zero-order chi connectivity index (χ0) is 16.7. The number of halogens is 1. The maximum atomic E-state index is 11.8. The van der Waals surface area contributed by atoms with Crippen molar-refractivity contribution in [3.63, 3.8) is 0 Å². The molecule has 0 radical (unpaired) electrons. The fourth-order valence-corrected chi connectivity index (χ4v) is 2.37. The van der Waals surface area contributed by atoms with Gasteiger partial charge in [0.25, 0.3) is 0 Å². The first kappa shape index (κ1) is 18.5. The van der Waals surface area contributed by atoms with Gasteiger partial charge in [-0.3, -0.25) is 9.59 Å². The van der Waals surface area contributed by atoms with Crippen LogP contribution >= 0.6 is 11.6 Å². The number of hydrogen-bond donors (Lipinski definition) is 3. The van der Waals surface area contributed by atoms with Gasteiger partial charge < -0.3 is 15.7 Å². The summed E-state index contributed by atoms with van der Waals surface area (Å²) in [5.74, 6) is -1.44. The van der Waals surface area contributed by atoms with Crippen LogP contribution in [0.1, 0.15) is 32.3 Å². The van der Waals surface area contributed by atoms with Crippen LogP contribution in [0, 0.1) is 12.8 Å². The highest BCUT2D eigenvalue weighted by atomic mass is 35.5. The molecule has 5 nitrogen and oxygen atoms in total. The standard InChI is InChI=1S/C16H23ClN2O3/c1-4-11(5-2)14(20)9-18-15(21)16(22)19-13-8-6-7-12(17)10(13)3/h6-8,11,14,20H,4-5,9H2,1-3H3,(H,18,21)(H,19,22). The fourth-order valence-electron chi connectivity index (χ4n) is 2.20. The van der Waals surface area contributed by atoms with E-state index in [9.17, 15) is 14.7 Å². The summed E-state index contributed by atoms with van der Waals surface area (Å²) in [7, 11) is 0. The maximum absolute atomic E-state index is 11.8. The van der Waals surface area contributed by atoms with Gasteiger partial charge in [-0.25, -0.2) is 0 Å². The van der Waals surface area contributed by atoms with Crippen LogP contribution in [0.25, 0.3) is 0 Å². The number of anilines is 1. The van der Waals surface area contributed by atoms with Gasteiger partial charge in [0, 0.05) is 17.3 Å². The Hall–Kier alpha value is -1.59. The minimum Gasteiger partial charge on any atom is -0.391 e. The lowest BCUT2D eigenvalue weighted by molar-refractivity contribution is -0.136. The van der Waals surface area contributed by atoms with Gasteiger partial charge in [-0.15, -0.1) is 0 Å². The Bertz CT molecular complexity index is 530. The first-order chi connectivity index (χ1) is 10.4. The van der Waals surface area contributed by atoms with Crippen LogP contribution in [-0.4, -0.2) is 29.6 Å². The van der Waals surface area contributed by atoms with Crippen molar-refractivity contribution in [1.29, 1.82) is 0 Å². The van der Waals surface area contributed by atoms with Gasteiger partial charge in [-0.1, -0.05) is 44.4 Å². The average Bonchev–Trinajstić information content (AvgIpc) is 2.50. The van der Waals surface area contributed by atoms with E-state index in [0.29, 0.717) is 16.3 Å². The Morgan fingerprint density at radius 1 is 1.23 bits per heavy atom. The second-order valence-electron chi connectivity index (χ2n) is 5.22. The van der Waals surface area contributed by atoms with Crippen molar-refractivity contribution < 1.29 is 14.7 Å². The molecule has 122 valence electrons. The Kier molecular flexibility index (Phi) is 7.35. The van der Waals surface area contributed by atoms with Crippen LogP contribution in [0.2, 0.25) is 5.02 Å². The molecule has 0 aliphatic rings. The van der Waals surface area contributed by atoms with Crippen molar-refractivity contribution in [2.45, 2.75) is 39.7 Å². The van der Waals surface area contributed by atoms with Crippen molar-refractivity contribution in [3.8, 4) is 0 Å². The lowest BCUT2D eigenvalue weighted by atomic mass is 9.96. The first-order valence-corrected chi connectivity index (χ1v) is 7.80. The summed E-state index contributed by atoms with van der Waals surface area (Å²) in [5, 5.41) is 15.4. The normalized spacial score (nSPS) is 12.1. The Morgan fingerprint density at radius 2 is 1.86 bits per heavy atom. The molecule has 0 fully saturated rings. The molecular formula is C16H23ClN2O3. The SMILES string of the molecule is CCC(CC)C(O)CNC(=O)C(=O)Nc1cccc(Cl)c1C. The monoisotopic (exact) mass is 326 g/mol. The minimum absolute atomic E-state index is 0.0626. The second kappa shape index (κ2) is 8.76. The summed E-state index contributed by atoms with van der Waals surface area (Å²) in [4.78, 5) is 23.6. The molecule has 0 aliphatic carbocycles. The number of aliphatic hydroxyl groups excluding tert-OH is 1. The quantitative estimate of drug-likeness (QED) is 0.703. The van der Waals surface area contributed by atoms with Crippen molar-refractivity contribution in [1.82, 2.24) is 5.32 Å². The topological polar surface area (TPSA) is 78.4 Å². The lowest BCUT2D eigenvalue weighted by Crippen LogP contribution is -2.41. The van der Waals surface area contributed by atoms with Gasteiger partial charge in [-0.05, 0) is 30.5 Å². The summed E-state index contributed by atoms with van der Waals surface area (Å²) < 4.78 is 0. The smallest absolute Gasteiger partial charge is 0.313 e. The second-order valence-corrected chi connectivity index (χ2v) is 5.63. The molecule has 1 aromatic carbocycles. The number of carbonyl (C=O) groups is 2. The number of benzene rings is 1. The molecule has 0 aliphatic heterocycles. The maximum Gasteiger partial charge on any atom is 0.313 e. The predicted octanol–water partition coefficient (Wildman–Crippen LogP) is 2.50. The highest BCUT2D eigenvalue weighted by molar-refractivity contribution is 6.40. The van der Waals surface area contributed by atoms with Gasteiger partial charge in [0.05, 0.1) is 6.10 Å². The molecule has 3 N–H and O–H groups in total. The molecule has 1 rings (SSSR count). The number of carbonyl (C=O) groups excluding carboxylic acids is 2. The number of aliphatic hydroxyl groups is 1. The van der Waals surface area contributed by atoms with E-state index >= 15 is 0 Å².